The molecule has 0 bridgehead atoms. The lowest BCUT2D eigenvalue weighted by molar-refractivity contribution is -0.275. The number of alkyl halides is 4. The quantitative estimate of drug-likeness (QED) is 0.620. The molecular formula is C9H8BrF3O4S. The van der Waals surface area contributed by atoms with Crippen LogP contribution in [0.1, 0.15) is 10.6 Å². The molecule has 1 atom stereocenters. The monoisotopic (exact) mass is 348 g/mol. The zero-order chi connectivity index (χ0) is 14.0. The van der Waals surface area contributed by atoms with E-state index in [4.69, 9.17) is 0 Å². The minimum absolute atomic E-state index is 0.0831. The molecular weight excluding hydrogens is 341 g/mol. The van der Waals surface area contributed by atoms with Gasteiger partial charge in [0.2, 0.25) is 0 Å². The Morgan fingerprint density at radius 1 is 1.28 bits per heavy atom. The van der Waals surface area contributed by atoms with Gasteiger partial charge in [-0.2, -0.15) is 8.42 Å². The van der Waals surface area contributed by atoms with Gasteiger partial charge in [0.05, 0.1) is 6.26 Å². The molecule has 1 unspecified atom stereocenters. The first kappa shape index (κ1) is 15.3. The number of para-hydroxylation sites is 1. The van der Waals surface area contributed by atoms with Crippen molar-refractivity contribution in [2.75, 3.05) is 6.26 Å². The van der Waals surface area contributed by atoms with Crippen LogP contribution < -0.4 is 4.74 Å². The molecule has 0 aliphatic rings. The van der Waals surface area contributed by atoms with Gasteiger partial charge >= 0.3 is 6.36 Å². The highest BCUT2D eigenvalue weighted by atomic mass is 79.9. The lowest BCUT2D eigenvalue weighted by atomic mass is 10.2. The molecule has 0 saturated carbocycles. The highest BCUT2D eigenvalue weighted by Gasteiger charge is 2.33. The summed E-state index contributed by atoms with van der Waals surface area (Å²) in [5.74, 6) is -0.532. The number of benzene rings is 1. The standard InChI is InChI=1S/C9H8BrF3O4S/c1-18(14,15)17-8(10)6-4-2-3-5-7(6)16-9(11,12)13/h2-5,8H,1H3. The van der Waals surface area contributed by atoms with E-state index in [1.54, 1.807) is 0 Å². The normalized spacial score (nSPS) is 14.3. The van der Waals surface area contributed by atoms with E-state index >= 15 is 0 Å². The van der Waals surface area contributed by atoms with Gasteiger partial charge in [-0.3, -0.25) is 4.18 Å². The molecule has 0 aliphatic carbocycles. The molecule has 1 aromatic rings. The molecule has 0 fully saturated rings. The van der Waals surface area contributed by atoms with E-state index in [0.29, 0.717) is 0 Å². The smallest absolute Gasteiger partial charge is 0.405 e. The molecule has 0 spiro atoms. The Bertz CT molecular complexity index is 515. The summed E-state index contributed by atoms with van der Waals surface area (Å²) in [6.45, 7) is 0. The molecule has 0 N–H and O–H groups in total. The lowest BCUT2D eigenvalue weighted by Crippen LogP contribution is -2.18. The molecule has 1 rings (SSSR count). The van der Waals surface area contributed by atoms with E-state index in [-0.39, 0.29) is 5.56 Å². The van der Waals surface area contributed by atoms with Crippen molar-refractivity contribution in [2.45, 2.75) is 11.4 Å². The second kappa shape index (κ2) is 5.45. The van der Waals surface area contributed by atoms with Crippen LogP contribution in [0.4, 0.5) is 13.2 Å². The third-order valence-corrected chi connectivity index (χ3v) is 3.12. The molecule has 0 saturated heterocycles. The van der Waals surface area contributed by atoms with E-state index < -0.39 is 27.2 Å². The SMILES string of the molecule is CS(=O)(=O)OC(Br)c1ccccc1OC(F)(F)F. The predicted octanol–water partition coefficient (Wildman–Crippen LogP) is 2.95. The average molecular weight is 349 g/mol. The van der Waals surface area contributed by atoms with Crippen LogP contribution in [-0.2, 0) is 14.3 Å². The van der Waals surface area contributed by atoms with Crippen LogP contribution in [0, 0.1) is 0 Å². The van der Waals surface area contributed by atoms with Crippen molar-refractivity contribution >= 4 is 26.0 Å². The summed E-state index contributed by atoms with van der Waals surface area (Å²) in [5, 5.41) is -1.26. The van der Waals surface area contributed by atoms with Crippen molar-refractivity contribution in [3.05, 3.63) is 29.8 Å². The Balaban J connectivity index is 3.02. The number of hydrogen-bond donors (Lipinski definition) is 0. The van der Waals surface area contributed by atoms with Gasteiger partial charge in [0, 0.05) is 5.56 Å². The summed E-state index contributed by atoms with van der Waals surface area (Å²) in [6, 6.07) is 5.07. The maximum absolute atomic E-state index is 12.1. The average Bonchev–Trinajstić information content (AvgIpc) is 2.12. The number of rotatable bonds is 4. The van der Waals surface area contributed by atoms with Crippen LogP contribution in [0.3, 0.4) is 0 Å². The minimum atomic E-state index is -4.87. The Morgan fingerprint density at radius 2 is 1.83 bits per heavy atom. The lowest BCUT2D eigenvalue weighted by Gasteiger charge is -2.16. The number of ether oxygens (including phenoxy) is 1. The maximum atomic E-state index is 12.1. The first-order valence-corrected chi connectivity index (χ1v) is 7.19. The second-order valence-corrected chi connectivity index (χ2v) is 5.63. The van der Waals surface area contributed by atoms with Gasteiger partial charge in [0.25, 0.3) is 10.1 Å². The number of halogens is 4. The zero-order valence-electron chi connectivity index (χ0n) is 8.94. The molecule has 0 heterocycles. The minimum Gasteiger partial charge on any atom is -0.405 e. The molecule has 0 amide bonds. The molecule has 9 heteroatoms. The summed E-state index contributed by atoms with van der Waals surface area (Å²) in [6.07, 6.45) is -4.08. The van der Waals surface area contributed by atoms with Gasteiger partial charge in [-0.05, 0) is 6.07 Å². The Labute approximate surface area is 110 Å². The first-order valence-electron chi connectivity index (χ1n) is 4.45. The van der Waals surface area contributed by atoms with Crippen LogP contribution >= 0.6 is 15.9 Å². The molecule has 0 aromatic heterocycles. The van der Waals surface area contributed by atoms with Gasteiger partial charge < -0.3 is 4.74 Å². The van der Waals surface area contributed by atoms with Gasteiger partial charge in [-0.1, -0.05) is 34.1 Å². The van der Waals surface area contributed by atoms with Crippen LogP contribution in [0.2, 0.25) is 0 Å². The molecule has 1 aromatic carbocycles. The van der Waals surface area contributed by atoms with Crippen molar-refractivity contribution in [3.8, 4) is 5.75 Å². The van der Waals surface area contributed by atoms with E-state index in [1.807, 2.05) is 0 Å². The van der Waals surface area contributed by atoms with E-state index in [2.05, 4.69) is 24.8 Å². The predicted molar refractivity (Wildman–Crippen MR) is 60.7 cm³/mol. The van der Waals surface area contributed by atoms with Crippen molar-refractivity contribution in [1.29, 1.82) is 0 Å². The third kappa shape index (κ3) is 5.23. The fraction of sp³-hybridized carbons (Fsp3) is 0.333. The molecule has 0 aliphatic heterocycles. The maximum Gasteiger partial charge on any atom is 0.573 e. The molecule has 18 heavy (non-hydrogen) atoms. The highest BCUT2D eigenvalue weighted by Crippen LogP contribution is 2.35. The van der Waals surface area contributed by atoms with Gasteiger partial charge in [-0.15, -0.1) is 13.2 Å². The topological polar surface area (TPSA) is 52.6 Å². The largest absolute Gasteiger partial charge is 0.573 e. The van der Waals surface area contributed by atoms with Gasteiger partial charge in [0.15, 0.2) is 5.01 Å². The van der Waals surface area contributed by atoms with Crippen LogP contribution in [0.25, 0.3) is 0 Å². The van der Waals surface area contributed by atoms with Gasteiger partial charge in [-0.25, -0.2) is 0 Å². The second-order valence-electron chi connectivity index (χ2n) is 3.20. The summed E-state index contributed by atoms with van der Waals surface area (Å²) in [7, 11) is -3.82. The fourth-order valence-electron chi connectivity index (χ4n) is 1.09. The summed E-state index contributed by atoms with van der Waals surface area (Å²) >= 11 is 2.83. The van der Waals surface area contributed by atoms with E-state index in [9.17, 15) is 21.6 Å². The van der Waals surface area contributed by atoms with Crippen LogP contribution in [-0.4, -0.2) is 21.0 Å². The first-order chi connectivity index (χ1) is 8.08. The van der Waals surface area contributed by atoms with Crippen molar-refractivity contribution in [1.82, 2.24) is 0 Å². The van der Waals surface area contributed by atoms with Gasteiger partial charge in [0.1, 0.15) is 5.75 Å². The van der Waals surface area contributed by atoms with E-state index in [0.717, 1.165) is 12.3 Å². The molecule has 102 valence electrons. The third-order valence-electron chi connectivity index (χ3n) is 1.65. The Hall–Kier alpha value is -0.800. The van der Waals surface area contributed by atoms with Crippen molar-refractivity contribution in [2.24, 2.45) is 0 Å². The Kier molecular flexibility index (Phi) is 4.62. The van der Waals surface area contributed by atoms with E-state index in [1.165, 1.54) is 18.2 Å². The summed E-state index contributed by atoms with van der Waals surface area (Å²) in [5.41, 5.74) is -0.0831. The van der Waals surface area contributed by atoms with Crippen molar-refractivity contribution in [3.63, 3.8) is 0 Å². The Morgan fingerprint density at radius 3 is 2.33 bits per heavy atom. The summed E-state index contributed by atoms with van der Waals surface area (Å²) in [4.78, 5) is 0. The van der Waals surface area contributed by atoms with Crippen molar-refractivity contribution < 1.29 is 30.5 Å². The zero-order valence-corrected chi connectivity index (χ0v) is 11.3. The van der Waals surface area contributed by atoms with Crippen LogP contribution in [0.5, 0.6) is 5.75 Å². The van der Waals surface area contributed by atoms with Crippen LogP contribution in [0.15, 0.2) is 24.3 Å². The highest BCUT2D eigenvalue weighted by molar-refractivity contribution is 9.09. The fourth-order valence-corrected chi connectivity index (χ4v) is 2.71. The summed E-state index contributed by atoms with van der Waals surface area (Å²) < 4.78 is 66.5. The molecule has 4 nitrogen and oxygen atoms in total. The number of hydrogen-bond acceptors (Lipinski definition) is 4. The molecule has 0 radical (unpaired) electrons.